The van der Waals surface area contributed by atoms with Crippen molar-refractivity contribution in [1.82, 2.24) is 0 Å². The van der Waals surface area contributed by atoms with E-state index in [4.69, 9.17) is 16.3 Å². The molecule has 0 unspecified atom stereocenters. The Balaban J connectivity index is 1.70. The molecule has 0 saturated carbocycles. The molecule has 6 heteroatoms. The number of hydrogen-bond donors (Lipinski definition) is 1. The molecule has 0 fully saturated rings. The van der Waals surface area contributed by atoms with Crippen LogP contribution in [-0.4, -0.2) is 23.9 Å². The highest BCUT2D eigenvalue weighted by Gasteiger charge is 2.51. The van der Waals surface area contributed by atoms with Gasteiger partial charge in [-0.25, -0.2) is 0 Å². The summed E-state index contributed by atoms with van der Waals surface area (Å²) >= 11 is 6.16. The molecule has 1 heterocycles. The molecule has 1 atom stereocenters. The number of fused-ring (bicyclic) bond motifs is 1. The minimum absolute atomic E-state index is 0.282. The number of methoxy groups -OCH3 is 1. The average molecular weight is 422 g/mol. The molecule has 0 radical (unpaired) electrons. The summed E-state index contributed by atoms with van der Waals surface area (Å²) in [5.41, 5.74) is 0.173. The number of rotatable bonds is 6. The SMILES string of the molecule is COc1cccc(C(=O)C[C@]2(O)C(=O)N(Cc3ccccc3)c3ccc(Cl)cc32)c1. The lowest BCUT2D eigenvalue weighted by atomic mass is 9.88. The number of amides is 1. The van der Waals surface area contributed by atoms with Gasteiger partial charge in [0.2, 0.25) is 0 Å². The largest absolute Gasteiger partial charge is 0.497 e. The summed E-state index contributed by atoms with van der Waals surface area (Å²) in [5.74, 6) is -0.378. The van der Waals surface area contributed by atoms with Gasteiger partial charge in [-0.05, 0) is 35.9 Å². The Hall–Kier alpha value is -3.15. The third kappa shape index (κ3) is 3.58. The van der Waals surface area contributed by atoms with Crippen LogP contribution in [0.4, 0.5) is 5.69 Å². The molecular weight excluding hydrogens is 402 g/mol. The van der Waals surface area contributed by atoms with Crippen molar-refractivity contribution in [2.24, 2.45) is 0 Å². The number of aliphatic hydroxyl groups is 1. The topological polar surface area (TPSA) is 66.8 Å². The first-order valence-corrected chi connectivity index (χ1v) is 9.86. The molecular formula is C24H20ClNO4. The standard InChI is InChI=1S/C24H20ClNO4/c1-30-19-9-5-8-17(12-19)22(27)14-24(29)20-13-18(25)10-11-21(20)26(23(24)28)15-16-6-3-2-4-7-16/h2-13,29H,14-15H2,1H3/t24-/m1/s1. The molecule has 1 aliphatic rings. The van der Waals surface area contributed by atoms with Crippen LogP contribution >= 0.6 is 11.6 Å². The molecule has 3 aromatic rings. The fraction of sp³-hybridized carbons (Fsp3) is 0.167. The first-order valence-electron chi connectivity index (χ1n) is 9.48. The molecule has 1 aliphatic heterocycles. The number of nitrogens with zero attached hydrogens (tertiary/aromatic N) is 1. The number of hydrogen-bond acceptors (Lipinski definition) is 4. The Morgan fingerprint density at radius 1 is 1.07 bits per heavy atom. The number of ketones is 1. The molecule has 0 saturated heterocycles. The van der Waals surface area contributed by atoms with Crippen molar-refractivity contribution < 1.29 is 19.4 Å². The van der Waals surface area contributed by atoms with E-state index in [9.17, 15) is 14.7 Å². The minimum Gasteiger partial charge on any atom is -0.497 e. The van der Waals surface area contributed by atoms with Crippen LogP contribution in [0.2, 0.25) is 5.02 Å². The Kier molecular flexibility index (Phi) is 5.33. The molecule has 0 aliphatic carbocycles. The second-order valence-corrected chi connectivity index (χ2v) is 7.67. The van der Waals surface area contributed by atoms with Crippen LogP contribution in [-0.2, 0) is 16.9 Å². The normalized spacial score (nSPS) is 17.7. The number of ether oxygens (including phenoxy) is 1. The third-order valence-corrected chi connectivity index (χ3v) is 5.52. The van der Waals surface area contributed by atoms with Crippen molar-refractivity contribution in [3.63, 3.8) is 0 Å². The Labute approximate surface area is 179 Å². The average Bonchev–Trinajstić information content (AvgIpc) is 2.96. The third-order valence-electron chi connectivity index (χ3n) is 5.29. The van der Waals surface area contributed by atoms with E-state index in [-0.39, 0.29) is 12.3 Å². The minimum atomic E-state index is -1.99. The van der Waals surface area contributed by atoms with Crippen LogP contribution in [0.5, 0.6) is 5.75 Å². The number of carbonyl (C=O) groups excluding carboxylic acids is 2. The Morgan fingerprint density at radius 2 is 1.83 bits per heavy atom. The summed E-state index contributed by atoms with van der Waals surface area (Å²) in [4.78, 5) is 27.8. The zero-order valence-corrected chi connectivity index (χ0v) is 17.1. The summed E-state index contributed by atoms with van der Waals surface area (Å²) in [7, 11) is 1.51. The maximum atomic E-state index is 13.3. The van der Waals surface area contributed by atoms with Gasteiger partial charge >= 0.3 is 0 Å². The van der Waals surface area contributed by atoms with Crippen LogP contribution in [0.25, 0.3) is 0 Å². The van der Waals surface area contributed by atoms with Gasteiger partial charge in [-0.3, -0.25) is 9.59 Å². The van der Waals surface area contributed by atoms with E-state index < -0.39 is 17.9 Å². The first-order chi connectivity index (χ1) is 14.4. The summed E-state index contributed by atoms with van der Waals surface area (Å²) in [6.07, 6.45) is -0.391. The zero-order chi connectivity index (χ0) is 21.3. The second kappa shape index (κ2) is 7.94. The lowest BCUT2D eigenvalue weighted by Gasteiger charge is -2.23. The highest BCUT2D eigenvalue weighted by Crippen LogP contribution is 2.44. The highest BCUT2D eigenvalue weighted by molar-refractivity contribution is 6.31. The number of benzene rings is 3. The van der Waals surface area contributed by atoms with E-state index in [0.29, 0.717) is 27.6 Å². The summed E-state index contributed by atoms with van der Waals surface area (Å²) in [5, 5.41) is 11.8. The zero-order valence-electron chi connectivity index (χ0n) is 16.3. The van der Waals surface area contributed by atoms with Gasteiger partial charge in [-0.15, -0.1) is 0 Å². The maximum absolute atomic E-state index is 13.3. The lowest BCUT2D eigenvalue weighted by molar-refractivity contribution is -0.136. The van der Waals surface area contributed by atoms with Gasteiger partial charge in [0.15, 0.2) is 11.4 Å². The van der Waals surface area contributed by atoms with E-state index in [1.807, 2.05) is 30.3 Å². The van der Waals surface area contributed by atoms with E-state index >= 15 is 0 Å². The van der Waals surface area contributed by atoms with Gasteiger partial charge in [0, 0.05) is 16.1 Å². The molecule has 1 amide bonds. The molecule has 0 bridgehead atoms. The second-order valence-electron chi connectivity index (χ2n) is 7.23. The first kappa shape index (κ1) is 20.1. The lowest BCUT2D eigenvalue weighted by Crippen LogP contribution is -2.41. The Bertz CT molecular complexity index is 1120. The number of Topliss-reactive ketones (excluding diaryl/α,β-unsaturated/α-hetero) is 1. The van der Waals surface area contributed by atoms with Gasteiger partial charge in [0.05, 0.1) is 25.8 Å². The highest BCUT2D eigenvalue weighted by atomic mass is 35.5. The van der Waals surface area contributed by atoms with Crippen LogP contribution in [0.3, 0.4) is 0 Å². The van der Waals surface area contributed by atoms with E-state index in [1.165, 1.54) is 12.0 Å². The van der Waals surface area contributed by atoms with Gasteiger partial charge in [0.25, 0.3) is 5.91 Å². The monoisotopic (exact) mass is 421 g/mol. The summed E-state index contributed by atoms with van der Waals surface area (Å²) < 4.78 is 5.17. The fourth-order valence-electron chi connectivity index (χ4n) is 3.75. The van der Waals surface area contributed by atoms with E-state index in [1.54, 1.807) is 42.5 Å². The van der Waals surface area contributed by atoms with Gasteiger partial charge in [0.1, 0.15) is 5.75 Å². The van der Waals surface area contributed by atoms with Crippen LogP contribution in [0, 0.1) is 0 Å². The molecule has 0 spiro atoms. The van der Waals surface area contributed by atoms with Crippen molar-refractivity contribution in [2.75, 3.05) is 12.0 Å². The van der Waals surface area contributed by atoms with Crippen molar-refractivity contribution >= 4 is 29.0 Å². The van der Waals surface area contributed by atoms with Crippen LogP contribution < -0.4 is 9.64 Å². The van der Waals surface area contributed by atoms with Gasteiger partial charge in [-0.2, -0.15) is 0 Å². The van der Waals surface area contributed by atoms with Crippen molar-refractivity contribution in [1.29, 1.82) is 0 Å². The summed E-state index contributed by atoms with van der Waals surface area (Å²) in [6.45, 7) is 0.282. The smallest absolute Gasteiger partial charge is 0.264 e. The van der Waals surface area contributed by atoms with Crippen LogP contribution in [0.1, 0.15) is 27.9 Å². The molecule has 0 aromatic heterocycles. The predicted molar refractivity (Wildman–Crippen MR) is 115 cm³/mol. The van der Waals surface area contributed by atoms with Crippen molar-refractivity contribution in [3.8, 4) is 5.75 Å². The predicted octanol–water partition coefficient (Wildman–Crippen LogP) is 4.36. The van der Waals surface area contributed by atoms with E-state index in [0.717, 1.165) is 5.56 Å². The Morgan fingerprint density at radius 3 is 2.57 bits per heavy atom. The molecule has 3 aromatic carbocycles. The molecule has 1 N–H and O–H groups in total. The van der Waals surface area contributed by atoms with Crippen LogP contribution in [0.15, 0.2) is 72.8 Å². The van der Waals surface area contributed by atoms with Crippen molar-refractivity contribution in [3.05, 3.63) is 94.5 Å². The number of halogens is 1. The molecule has 30 heavy (non-hydrogen) atoms. The van der Waals surface area contributed by atoms with Crippen molar-refractivity contribution in [2.45, 2.75) is 18.6 Å². The maximum Gasteiger partial charge on any atom is 0.264 e. The quantitative estimate of drug-likeness (QED) is 0.601. The molecule has 152 valence electrons. The number of anilines is 1. The van der Waals surface area contributed by atoms with Gasteiger partial charge in [-0.1, -0.05) is 54.1 Å². The number of carbonyl (C=O) groups is 2. The van der Waals surface area contributed by atoms with Gasteiger partial charge < -0.3 is 14.7 Å². The summed E-state index contributed by atoms with van der Waals surface area (Å²) in [6, 6.07) is 21.0. The van der Waals surface area contributed by atoms with E-state index in [2.05, 4.69) is 0 Å². The fourth-order valence-corrected chi connectivity index (χ4v) is 3.92. The molecule has 4 rings (SSSR count). The molecule has 5 nitrogen and oxygen atoms in total.